The van der Waals surface area contributed by atoms with Crippen LogP contribution in [0.3, 0.4) is 0 Å². The summed E-state index contributed by atoms with van der Waals surface area (Å²) in [6.45, 7) is 9.08. The highest BCUT2D eigenvalue weighted by atomic mass is 15.2. The molecule has 1 aliphatic rings. The van der Waals surface area contributed by atoms with Crippen LogP contribution >= 0.6 is 0 Å². The molecule has 3 rings (SSSR count). The van der Waals surface area contributed by atoms with Gasteiger partial charge in [-0.15, -0.1) is 0 Å². The zero-order valence-corrected chi connectivity index (χ0v) is 26.2. The number of hydrogen-bond donors (Lipinski definition) is 0. The van der Waals surface area contributed by atoms with Crippen molar-refractivity contribution in [2.24, 2.45) is 0 Å². The lowest BCUT2D eigenvalue weighted by Crippen LogP contribution is -2.03. The van der Waals surface area contributed by atoms with Gasteiger partial charge in [-0.3, -0.25) is 0 Å². The van der Waals surface area contributed by atoms with Gasteiger partial charge in [-0.1, -0.05) is 116 Å². The highest BCUT2D eigenvalue weighted by Gasteiger charge is 2.35. The Kier molecular flexibility index (Phi) is 14.5. The third-order valence-electron chi connectivity index (χ3n) is 8.49. The number of nitrogens with zero attached hydrogens (tertiary/aromatic N) is 2. The van der Waals surface area contributed by atoms with Crippen LogP contribution in [0.25, 0.3) is 16.9 Å². The summed E-state index contributed by atoms with van der Waals surface area (Å²) in [6, 6.07) is 18.0. The van der Waals surface area contributed by atoms with Gasteiger partial charge in [0, 0.05) is 22.3 Å². The first-order chi connectivity index (χ1) is 19.6. The van der Waals surface area contributed by atoms with Crippen molar-refractivity contribution in [2.75, 3.05) is 0 Å². The molecule has 0 aliphatic carbocycles. The van der Waals surface area contributed by atoms with E-state index in [1.165, 1.54) is 99.3 Å². The lowest BCUT2D eigenvalue weighted by atomic mass is 9.91. The van der Waals surface area contributed by atoms with Crippen LogP contribution in [0.5, 0.6) is 0 Å². The van der Waals surface area contributed by atoms with Crippen LogP contribution in [0.15, 0.2) is 59.7 Å². The molecule has 2 heteroatoms. The highest BCUT2D eigenvalue weighted by Crippen LogP contribution is 2.44. The second kappa shape index (κ2) is 18.1. The van der Waals surface area contributed by atoms with E-state index in [1.54, 1.807) is 4.70 Å². The van der Waals surface area contributed by atoms with Gasteiger partial charge in [0.2, 0.25) is 11.4 Å². The number of unbranched alkanes of at least 4 members (excludes halogenated alkanes) is 10. The fraction of sp³-hybridized carbons (Fsp3) is 0.579. The molecule has 0 radical (unpaired) electrons. The minimum atomic E-state index is 1.01. The minimum Gasteiger partial charge on any atom is -0.493 e. The van der Waals surface area contributed by atoms with Crippen molar-refractivity contribution in [3.05, 3.63) is 87.5 Å². The van der Waals surface area contributed by atoms with Crippen LogP contribution in [0.4, 0.5) is 0 Å². The first-order valence-corrected chi connectivity index (χ1v) is 16.8. The van der Waals surface area contributed by atoms with Crippen molar-refractivity contribution in [1.82, 2.24) is 0 Å². The Bertz CT molecular complexity index is 1100. The zero-order valence-electron chi connectivity index (χ0n) is 26.2. The monoisotopic (exact) mass is 540 g/mol. The molecule has 218 valence electrons. The lowest BCUT2D eigenvalue weighted by Gasteiger charge is -2.11. The first-order valence-electron chi connectivity index (χ1n) is 16.8. The Balaban J connectivity index is 1.91. The summed E-state index contributed by atoms with van der Waals surface area (Å²) in [4.78, 5) is 0. The summed E-state index contributed by atoms with van der Waals surface area (Å²) in [7, 11) is 0. The fourth-order valence-electron chi connectivity index (χ4n) is 6.06. The molecule has 0 atom stereocenters. The van der Waals surface area contributed by atoms with Crippen LogP contribution in [0.1, 0.15) is 153 Å². The topological polar surface area (TPSA) is 25.3 Å². The summed E-state index contributed by atoms with van der Waals surface area (Å²) >= 11 is 0. The van der Waals surface area contributed by atoms with E-state index in [-0.39, 0.29) is 0 Å². The van der Waals surface area contributed by atoms with Crippen molar-refractivity contribution < 1.29 is 4.70 Å². The maximum absolute atomic E-state index is 11.9. The van der Waals surface area contributed by atoms with Gasteiger partial charge < -0.3 is 5.53 Å². The predicted octanol–water partition coefficient (Wildman–Crippen LogP) is 12.3. The quantitative estimate of drug-likeness (QED) is 0.118. The zero-order chi connectivity index (χ0) is 28.6. The normalized spacial score (nSPS) is 13.7. The number of rotatable bonds is 20. The molecule has 0 amide bonds. The molecule has 0 fully saturated rings. The standard InChI is InChI=1S/C38H56N2/c1-5-9-13-15-16-17-21-31-26-28-33(29-27-31)37-35(24-12-8-4)36(25-18-14-10-6-2)38(40(37)39)34-23-19-22-32(30-34)20-11-7-3/h19,22-23,26-30H,5-18,20-21,24-25H2,1-4H3. The Labute approximate surface area is 246 Å². The minimum absolute atomic E-state index is 1.01. The van der Waals surface area contributed by atoms with Crippen LogP contribution in [-0.2, 0) is 12.8 Å². The predicted molar refractivity (Wildman–Crippen MR) is 174 cm³/mol. The smallest absolute Gasteiger partial charge is 0.211 e. The van der Waals surface area contributed by atoms with E-state index >= 15 is 0 Å². The summed E-state index contributed by atoms with van der Waals surface area (Å²) in [5.41, 5.74) is 21.7. The van der Waals surface area contributed by atoms with Gasteiger partial charge in [0.05, 0.1) is 0 Å². The molecular weight excluding hydrogens is 484 g/mol. The van der Waals surface area contributed by atoms with Gasteiger partial charge in [0.1, 0.15) is 0 Å². The maximum atomic E-state index is 11.9. The van der Waals surface area contributed by atoms with Gasteiger partial charge in [-0.2, -0.15) is 0 Å². The number of benzene rings is 2. The molecule has 2 aromatic carbocycles. The van der Waals surface area contributed by atoms with Crippen molar-refractivity contribution in [3.63, 3.8) is 0 Å². The van der Waals surface area contributed by atoms with E-state index in [0.717, 1.165) is 61.0 Å². The number of allylic oxidation sites excluding steroid dienone is 2. The van der Waals surface area contributed by atoms with E-state index in [0.29, 0.717) is 0 Å². The lowest BCUT2D eigenvalue weighted by molar-refractivity contribution is -0.345. The second-order valence-electron chi connectivity index (χ2n) is 11.9. The van der Waals surface area contributed by atoms with E-state index in [4.69, 9.17) is 0 Å². The first kappa shape index (κ1) is 32.0. The van der Waals surface area contributed by atoms with Gasteiger partial charge >= 0.3 is 0 Å². The molecule has 1 heterocycles. The number of hydrogen-bond acceptors (Lipinski definition) is 0. The van der Waals surface area contributed by atoms with Gasteiger partial charge in [-0.25, -0.2) is 4.70 Å². The third-order valence-corrected chi connectivity index (χ3v) is 8.49. The molecule has 0 saturated carbocycles. The van der Waals surface area contributed by atoms with Crippen molar-refractivity contribution in [2.45, 2.75) is 143 Å². The second-order valence-corrected chi connectivity index (χ2v) is 11.9. The van der Waals surface area contributed by atoms with Crippen molar-refractivity contribution in [3.8, 4) is 0 Å². The molecule has 0 unspecified atom stereocenters. The Morgan fingerprint density at radius 2 is 0.975 bits per heavy atom. The Morgan fingerprint density at radius 1 is 0.475 bits per heavy atom. The fourth-order valence-corrected chi connectivity index (χ4v) is 6.06. The third kappa shape index (κ3) is 9.28. The van der Waals surface area contributed by atoms with Gasteiger partial charge in [0.25, 0.3) is 0 Å². The SMILES string of the molecule is CCCCCCCCc1ccc(C2=C(CCCC)C(CCCCCC)=C(c3cccc(CCCC)c3)[N+]2=[N-])cc1. The molecule has 2 nitrogen and oxygen atoms in total. The molecule has 2 aromatic rings. The Hall–Kier alpha value is -2.48. The molecule has 40 heavy (non-hydrogen) atoms. The summed E-state index contributed by atoms with van der Waals surface area (Å²) < 4.78 is 1.56. The summed E-state index contributed by atoms with van der Waals surface area (Å²) in [5, 5.41) is 0. The van der Waals surface area contributed by atoms with Crippen LogP contribution in [0, 0.1) is 0 Å². The van der Waals surface area contributed by atoms with Gasteiger partial charge in [0.15, 0.2) is 0 Å². The van der Waals surface area contributed by atoms with Crippen LogP contribution in [0.2, 0.25) is 0 Å². The molecule has 0 bridgehead atoms. The summed E-state index contributed by atoms with van der Waals surface area (Å²) in [5.74, 6) is 0. The number of aryl methyl sites for hydroxylation is 2. The molecule has 0 saturated heterocycles. The van der Waals surface area contributed by atoms with Gasteiger partial charge in [-0.05, 0) is 86.8 Å². The molecule has 1 aliphatic heterocycles. The van der Waals surface area contributed by atoms with Crippen LogP contribution < -0.4 is 0 Å². The molecule has 0 aromatic heterocycles. The average molecular weight is 541 g/mol. The average Bonchev–Trinajstić information content (AvgIpc) is 3.25. The largest absolute Gasteiger partial charge is 0.493 e. The van der Waals surface area contributed by atoms with Crippen LogP contribution in [-0.4, -0.2) is 4.70 Å². The molecular formula is C38H56N2. The van der Waals surface area contributed by atoms with E-state index in [1.807, 2.05) is 0 Å². The highest BCUT2D eigenvalue weighted by molar-refractivity contribution is 5.82. The summed E-state index contributed by atoms with van der Waals surface area (Å²) in [6.07, 6.45) is 21.9. The molecule has 0 N–H and O–H groups in total. The van der Waals surface area contributed by atoms with Crippen molar-refractivity contribution >= 4 is 11.4 Å². The van der Waals surface area contributed by atoms with E-state index in [2.05, 4.69) is 76.2 Å². The maximum Gasteiger partial charge on any atom is 0.211 e. The Morgan fingerprint density at radius 3 is 1.65 bits per heavy atom. The van der Waals surface area contributed by atoms with Crippen molar-refractivity contribution in [1.29, 1.82) is 0 Å². The molecule has 0 spiro atoms. The van der Waals surface area contributed by atoms with E-state index < -0.39 is 0 Å². The van der Waals surface area contributed by atoms with E-state index in [9.17, 15) is 5.53 Å².